The molecule has 27 heavy (non-hydrogen) atoms. The number of nitrogens with zero attached hydrogens (tertiary/aromatic N) is 1. The van der Waals surface area contributed by atoms with Crippen LogP contribution in [0.2, 0.25) is 0 Å². The first kappa shape index (κ1) is 20.7. The summed E-state index contributed by atoms with van der Waals surface area (Å²) in [5.74, 6) is 0.950. The molecule has 0 saturated carbocycles. The van der Waals surface area contributed by atoms with Crippen LogP contribution in [0, 0.1) is 0 Å². The number of rotatable bonds is 9. The predicted molar refractivity (Wildman–Crippen MR) is 104 cm³/mol. The molecule has 0 fully saturated rings. The lowest BCUT2D eigenvalue weighted by Gasteiger charge is -2.21. The number of hydrogen-bond acceptors (Lipinski definition) is 5. The molecular formula is C19H24N2O5S. The number of sulfonamides is 1. The lowest BCUT2D eigenvalue weighted by molar-refractivity contribution is -0.116. The Kier molecular flexibility index (Phi) is 7.20. The SMILES string of the molecule is COc1cccc(NC(=O)CCN(Cc2ccccc2OC)S(C)(=O)=O)c1. The molecule has 0 aromatic heterocycles. The number of carbonyl (C=O) groups excluding carboxylic acids is 1. The molecule has 0 radical (unpaired) electrons. The minimum Gasteiger partial charge on any atom is -0.497 e. The van der Waals surface area contributed by atoms with E-state index < -0.39 is 10.0 Å². The molecule has 2 rings (SSSR count). The topological polar surface area (TPSA) is 84.9 Å². The van der Waals surface area contributed by atoms with Gasteiger partial charge in [-0.25, -0.2) is 8.42 Å². The Balaban J connectivity index is 2.03. The third-order valence-corrected chi connectivity index (χ3v) is 5.20. The van der Waals surface area contributed by atoms with Gasteiger partial charge in [-0.1, -0.05) is 24.3 Å². The Hall–Kier alpha value is -2.58. The summed E-state index contributed by atoms with van der Waals surface area (Å²) in [6, 6.07) is 14.2. The van der Waals surface area contributed by atoms with Gasteiger partial charge < -0.3 is 14.8 Å². The average molecular weight is 392 g/mol. The number of carbonyl (C=O) groups is 1. The molecule has 0 bridgehead atoms. The van der Waals surface area contributed by atoms with Crippen LogP contribution in [-0.4, -0.2) is 45.7 Å². The van der Waals surface area contributed by atoms with Crippen LogP contribution < -0.4 is 14.8 Å². The van der Waals surface area contributed by atoms with E-state index in [4.69, 9.17) is 9.47 Å². The van der Waals surface area contributed by atoms with E-state index in [0.717, 1.165) is 11.8 Å². The molecule has 0 unspecified atom stereocenters. The fourth-order valence-electron chi connectivity index (χ4n) is 2.54. The highest BCUT2D eigenvalue weighted by Gasteiger charge is 2.20. The summed E-state index contributed by atoms with van der Waals surface area (Å²) < 4.78 is 35.9. The average Bonchev–Trinajstić information content (AvgIpc) is 2.64. The van der Waals surface area contributed by atoms with E-state index >= 15 is 0 Å². The maximum Gasteiger partial charge on any atom is 0.225 e. The van der Waals surface area contributed by atoms with Crippen molar-refractivity contribution in [3.63, 3.8) is 0 Å². The zero-order valence-corrected chi connectivity index (χ0v) is 16.5. The highest BCUT2D eigenvalue weighted by molar-refractivity contribution is 7.88. The molecule has 0 aliphatic heterocycles. The van der Waals surface area contributed by atoms with Crippen LogP contribution in [0.15, 0.2) is 48.5 Å². The van der Waals surface area contributed by atoms with Gasteiger partial charge in [0, 0.05) is 36.8 Å². The Morgan fingerprint density at radius 1 is 1.07 bits per heavy atom. The van der Waals surface area contributed by atoms with E-state index in [1.807, 2.05) is 12.1 Å². The van der Waals surface area contributed by atoms with Crippen LogP contribution >= 0.6 is 0 Å². The molecule has 0 aliphatic rings. The molecule has 2 aromatic carbocycles. The van der Waals surface area contributed by atoms with Crippen LogP contribution in [0.25, 0.3) is 0 Å². The minimum absolute atomic E-state index is 0.0272. The quantitative estimate of drug-likeness (QED) is 0.709. The molecule has 0 heterocycles. The van der Waals surface area contributed by atoms with Gasteiger partial charge in [-0.05, 0) is 18.2 Å². The number of hydrogen-bond donors (Lipinski definition) is 1. The number of benzene rings is 2. The second-order valence-electron chi connectivity index (χ2n) is 5.94. The fraction of sp³-hybridized carbons (Fsp3) is 0.316. The number of methoxy groups -OCH3 is 2. The molecule has 0 aliphatic carbocycles. The minimum atomic E-state index is -3.49. The maximum absolute atomic E-state index is 12.2. The molecule has 0 atom stereocenters. The largest absolute Gasteiger partial charge is 0.497 e. The van der Waals surface area contributed by atoms with Crippen molar-refractivity contribution in [3.05, 3.63) is 54.1 Å². The summed E-state index contributed by atoms with van der Waals surface area (Å²) in [6.45, 7) is 0.196. The van der Waals surface area contributed by atoms with E-state index in [1.165, 1.54) is 11.4 Å². The number of para-hydroxylation sites is 1. The standard InChI is InChI=1S/C19H24N2O5S/c1-25-17-9-6-8-16(13-17)20-19(22)11-12-21(27(3,23)24)14-15-7-4-5-10-18(15)26-2/h4-10,13H,11-12,14H2,1-3H3,(H,20,22). The van der Waals surface area contributed by atoms with Crippen molar-refractivity contribution in [2.24, 2.45) is 0 Å². The van der Waals surface area contributed by atoms with Crippen LogP contribution in [0.1, 0.15) is 12.0 Å². The van der Waals surface area contributed by atoms with Crippen molar-refractivity contribution in [1.29, 1.82) is 0 Å². The Morgan fingerprint density at radius 3 is 2.48 bits per heavy atom. The van der Waals surface area contributed by atoms with Crippen LogP contribution in [-0.2, 0) is 21.4 Å². The Bertz CT molecular complexity index is 883. The number of anilines is 1. The van der Waals surface area contributed by atoms with Gasteiger partial charge in [0.1, 0.15) is 11.5 Å². The van der Waals surface area contributed by atoms with Gasteiger partial charge in [0.15, 0.2) is 0 Å². The highest BCUT2D eigenvalue weighted by Crippen LogP contribution is 2.21. The first-order chi connectivity index (χ1) is 12.8. The van der Waals surface area contributed by atoms with Gasteiger partial charge in [-0.15, -0.1) is 0 Å². The molecule has 7 nitrogen and oxygen atoms in total. The first-order valence-electron chi connectivity index (χ1n) is 8.34. The second-order valence-corrected chi connectivity index (χ2v) is 7.92. The van der Waals surface area contributed by atoms with E-state index in [-0.39, 0.29) is 25.4 Å². The lowest BCUT2D eigenvalue weighted by Crippen LogP contribution is -2.32. The molecule has 0 spiro atoms. The fourth-order valence-corrected chi connectivity index (χ4v) is 3.33. The summed E-state index contributed by atoms with van der Waals surface area (Å²) in [6.07, 6.45) is 1.15. The second kappa shape index (κ2) is 9.38. The van der Waals surface area contributed by atoms with Gasteiger partial charge >= 0.3 is 0 Å². The van der Waals surface area contributed by atoms with Crippen LogP contribution in [0.3, 0.4) is 0 Å². The molecule has 2 aromatic rings. The molecule has 8 heteroatoms. The highest BCUT2D eigenvalue weighted by atomic mass is 32.2. The number of nitrogens with one attached hydrogen (secondary N) is 1. The number of ether oxygens (including phenoxy) is 2. The van der Waals surface area contributed by atoms with E-state index in [0.29, 0.717) is 17.2 Å². The van der Waals surface area contributed by atoms with Crippen LogP contribution in [0.5, 0.6) is 11.5 Å². The molecule has 146 valence electrons. The number of amides is 1. The van der Waals surface area contributed by atoms with Crippen molar-refractivity contribution in [3.8, 4) is 11.5 Å². The lowest BCUT2D eigenvalue weighted by atomic mass is 10.2. The van der Waals surface area contributed by atoms with Crippen LogP contribution in [0.4, 0.5) is 5.69 Å². The Morgan fingerprint density at radius 2 is 1.81 bits per heavy atom. The molecular weight excluding hydrogens is 368 g/mol. The smallest absolute Gasteiger partial charge is 0.225 e. The van der Waals surface area contributed by atoms with E-state index in [9.17, 15) is 13.2 Å². The summed E-state index contributed by atoms with van der Waals surface area (Å²) in [7, 11) is -0.412. The normalized spacial score (nSPS) is 11.3. The van der Waals surface area contributed by atoms with Crippen molar-refractivity contribution in [1.82, 2.24) is 4.31 Å². The predicted octanol–water partition coefficient (Wildman–Crippen LogP) is 2.49. The van der Waals surface area contributed by atoms with E-state index in [2.05, 4.69) is 5.32 Å². The first-order valence-corrected chi connectivity index (χ1v) is 10.2. The van der Waals surface area contributed by atoms with Crippen molar-refractivity contribution < 1.29 is 22.7 Å². The summed E-state index contributed by atoms with van der Waals surface area (Å²) in [5.41, 5.74) is 1.33. The monoisotopic (exact) mass is 392 g/mol. The Labute approximate surface area is 160 Å². The van der Waals surface area contributed by atoms with Gasteiger partial charge in [0.05, 0.1) is 20.5 Å². The summed E-state index contributed by atoms with van der Waals surface area (Å²) in [5, 5.41) is 2.74. The van der Waals surface area contributed by atoms with Gasteiger partial charge in [0.2, 0.25) is 15.9 Å². The summed E-state index contributed by atoms with van der Waals surface area (Å²) in [4.78, 5) is 12.2. The molecule has 1 N–H and O–H groups in total. The third-order valence-electron chi connectivity index (χ3n) is 3.95. The maximum atomic E-state index is 12.2. The molecule has 0 saturated heterocycles. The van der Waals surface area contributed by atoms with Crippen molar-refractivity contribution >= 4 is 21.6 Å². The zero-order valence-electron chi connectivity index (χ0n) is 15.6. The van der Waals surface area contributed by atoms with E-state index in [1.54, 1.807) is 43.5 Å². The zero-order chi connectivity index (χ0) is 19.9. The summed E-state index contributed by atoms with van der Waals surface area (Å²) >= 11 is 0. The van der Waals surface area contributed by atoms with Crippen molar-refractivity contribution in [2.75, 3.05) is 32.3 Å². The third kappa shape index (κ3) is 6.26. The van der Waals surface area contributed by atoms with Crippen molar-refractivity contribution in [2.45, 2.75) is 13.0 Å². The van der Waals surface area contributed by atoms with Gasteiger partial charge in [0.25, 0.3) is 0 Å². The molecule has 1 amide bonds. The van der Waals surface area contributed by atoms with Gasteiger partial charge in [-0.2, -0.15) is 4.31 Å². The van der Waals surface area contributed by atoms with Gasteiger partial charge in [-0.3, -0.25) is 4.79 Å².